The number of nitrogens with one attached hydrogen (secondary N) is 1. The first kappa shape index (κ1) is 19.1. The molecule has 2 aromatic carbocycles. The average Bonchev–Trinajstić information content (AvgIpc) is 3.11. The molecule has 5 heteroatoms. The number of rotatable bonds is 7. The molecule has 0 saturated carbocycles. The second kappa shape index (κ2) is 8.84. The van der Waals surface area contributed by atoms with Crippen molar-refractivity contribution in [1.29, 1.82) is 0 Å². The van der Waals surface area contributed by atoms with Gasteiger partial charge in [-0.15, -0.1) is 0 Å². The number of hydrogen-bond acceptors (Lipinski definition) is 4. The minimum atomic E-state index is 0.0151. The fraction of sp³-hybridized carbons (Fsp3) is 0.391. The van der Waals surface area contributed by atoms with E-state index in [1.54, 1.807) is 0 Å². The molecule has 0 radical (unpaired) electrons. The topological polar surface area (TPSA) is 53.2 Å². The summed E-state index contributed by atoms with van der Waals surface area (Å²) in [6.45, 7) is 3.14. The highest BCUT2D eigenvalue weighted by atomic mass is 32.1. The van der Waals surface area contributed by atoms with Gasteiger partial charge in [0.1, 0.15) is 0 Å². The van der Waals surface area contributed by atoms with Gasteiger partial charge in [-0.05, 0) is 69.4 Å². The Balaban J connectivity index is 1.19. The predicted molar refractivity (Wildman–Crippen MR) is 115 cm³/mol. The number of fused-ring (bicyclic) bond motifs is 1. The lowest BCUT2D eigenvalue weighted by Crippen LogP contribution is -2.36. The molecule has 1 N–H and O–H groups in total. The predicted octanol–water partition coefficient (Wildman–Crippen LogP) is 4.51. The van der Waals surface area contributed by atoms with Crippen molar-refractivity contribution in [2.24, 2.45) is 5.92 Å². The number of carbonyl (C=O) groups excluding carboxylic acids is 1. The molecule has 1 aliphatic rings. The molecule has 0 bridgehead atoms. The largest absolute Gasteiger partial charge is 0.312 e. The van der Waals surface area contributed by atoms with Gasteiger partial charge in [0.05, 0.1) is 10.2 Å². The van der Waals surface area contributed by atoms with Crippen LogP contribution in [0, 0.1) is 5.92 Å². The third-order valence-electron chi connectivity index (χ3n) is 5.69. The van der Waals surface area contributed by atoms with Crippen LogP contribution in [0.4, 0.5) is 0 Å². The van der Waals surface area contributed by atoms with E-state index in [1.165, 1.54) is 23.3 Å². The normalized spacial score (nSPS) is 15.9. The molecule has 0 spiro atoms. The number of carbonyl (C=O) groups is 1. The molecular weight excluding hydrogens is 368 g/mol. The third-order valence-corrected chi connectivity index (χ3v) is 6.54. The summed E-state index contributed by atoms with van der Waals surface area (Å²) in [5.41, 5.74) is 3.09. The number of thiazole rings is 1. The average molecular weight is 395 g/mol. The summed E-state index contributed by atoms with van der Waals surface area (Å²) in [4.78, 5) is 29.4. The molecule has 1 aromatic heterocycles. The van der Waals surface area contributed by atoms with E-state index in [9.17, 15) is 9.59 Å². The summed E-state index contributed by atoms with van der Waals surface area (Å²) in [6.07, 6.45) is 5.30. The maximum Gasteiger partial charge on any atom is 0.305 e. The van der Waals surface area contributed by atoms with Crippen molar-refractivity contribution in [1.82, 2.24) is 9.88 Å². The molecule has 3 aromatic rings. The van der Waals surface area contributed by atoms with E-state index in [-0.39, 0.29) is 10.8 Å². The van der Waals surface area contributed by atoms with E-state index in [2.05, 4.69) is 22.0 Å². The van der Waals surface area contributed by atoms with Crippen molar-refractivity contribution in [3.63, 3.8) is 0 Å². The van der Waals surface area contributed by atoms with Crippen LogP contribution in [0.3, 0.4) is 0 Å². The molecule has 0 atom stereocenters. The molecule has 0 unspecified atom stereocenters. The van der Waals surface area contributed by atoms with Crippen LogP contribution in [0.25, 0.3) is 10.2 Å². The van der Waals surface area contributed by atoms with Crippen molar-refractivity contribution in [3.05, 3.63) is 69.3 Å². The Bertz CT molecular complexity index is 985. The zero-order valence-corrected chi connectivity index (χ0v) is 16.8. The summed E-state index contributed by atoms with van der Waals surface area (Å²) in [6, 6.07) is 16.0. The smallest absolute Gasteiger partial charge is 0.305 e. The summed E-state index contributed by atoms with van der Waals surface area (Å²) >= 11 is 1.28. The number of unbranched alkanes of at least 4 members (excludes halogenated alkanes) is 1. The zero-order valence-electron chi connectivity index (χ0n) is 16.0. The fourth-order valence-corrected chi connectivity index (χ4v) is 4.87. The van der Waals surface area contributed by atoms with Gasteiger partial charge in [-0.2, -0.15) is 0 Å². The quantitative estimate of drug-likeness (QED) is 0.474. The van der Waals surface area contributed by atoms with E-state index in [0.29, 0.717) is 5.78 Å². The standard InChI is InChI=1S/C23H26N2O2S/c26-22(18-7-2-1-3-8-18)19-11-14-25(15-12-19)13-5-4-6-17-9-10-20-21(16-17)28-23(27)24-20/h1-3,7-10,16,19H,4-6,11-15H2,(H,24,27). The van der Waals surface area contributed by atoms with Crippen LogP contribution in [-0.2, 0) is 6.42 Å². The van der Waals surface area contributed by atoms with Crippen LogP contribution in [0.15, 0.2) is 53.3 Å². The zero-order chi connectivity index (χ0) is 19.3. The number of benzene rings is 2. The first-order valence-electron chi connectivity index (χ1n) is 10.1. The number of aromatic amines is 1. The molecule has 28 heavy (non-hydrogen) atoms. The molecule has 2 heterocycles. The minimum absolute atomic E-state index is 0.0151. The first-order chi connectivity index (χ1) is 13.7. The molecule has 146 valence electrons. The number of likely N-dealkylation sites (tertiary alicyclic amines) is 1. The number of hydrogen-bond donors (Lipinski definition) is 1. The number of piperidine rings is 1. The van der Waals surface area contributed by atoms with E-state index >= 15 is 0 Å². The van der Waals surface area contributed by atoms with Gasteiger partial charge in [-0.3, -0.25) is 9.59 Å². The van der Waals surface area contributed by atoms with Gasteiger partial charge in [0.15, 0.2) is 5.78 Å². The van der Waals surface area contributed by atoms with Crippen molar-refractivity contribution < 1.29 is 4.79 Å². The Kier molecular flexibility index (Phi) is 6.03. The number of aryl methyl sites for hydroxylation is 1. The molecular formula is C23H26N2O2S. The first-order valence-corrected chi connectivity index (χ1v) is 10.9. The number of nitrogens with zero attached hydrogens (tertiary/aromatic N) is 1. The summed E-state index contributed by atoms with van der Waals surface area (Å²) in [5, 5.41) is 0. The highest BCUT2D eigenvalue weighted by molar-refractivity contribution is 7.16. The van der Waals surface area contributed by atoms with Crippen LogP contribution < -0.4 is 4.87 Å². The third kappa shape index (κ3) is 4.59. The Morgan fingerprint density at radius 3 is 2.64 bits per heavy atom. The lowest BCUT2D eigenvalue weighted by Gasteiger charge is -2.31. The van der Waals surface area contributed by atoms with Gasteiger partial charge < -0.3 is 9.88 Å². The SMILES string of the molecule is O=C(c1ccccc1)C1CCN(CCCCc2ccc3[nH]c(=O)sc3c2)CC1. The van der Waals surface area contributed by atoms with Crippen LogP contribution in [0.2, 0.25) is 0 Å². The van der Waals surface area contributed by atoms with Gasteiger partial charge in [-0.25, -0.2) is 0 Å². The van der Waals surface area contributed by atoms with Crippen LogP contribution >= 0.6 is 11.3 Å². The Hall–Kier alpha value is -2.24. The maximum atomic E-state index is 12.6. The number of aromatic nitrogens is 1. The monoisotopic (exact) mass is 394 g/mol. The summed E-state index contributed by atoms with van der Waals surface area (Å²) < 4.78 is 1.05. The van der Waals surface area contributed by atoms with Gasteiger partial charge >= 0.3 is 4.87 Å². The highest BCUT2D eigenvalue weighted by Crippen LogP contribution is 2.22. The van der Waals surface area contributed by atoms with Crippen LogP contribution in [0.1, 0.15) is 41.6 Å². The van der Waals surface area contributed by atoms with E-state index in [4.69, 9.17) is 0 Å². The van der Waals surface area contributed by atoms with Crippen LogP contribution in [-0.4, -0.2) is 35.3 Å². The van der Waals surface area contributed by atoms with E-state index in [1.807, 2.05) is 36.4 Å². The van der Waals surface area contributed by atoms with Gasteiger partial charge in [0.2, 0.25) is 0 Å². The molecule has 1 fully saturated rings. The Morgan fingerprint density at radius 2 is 1.86 bits per heavy atom. The molecule has 4 rings (SSSR count). The van der Waals surface area contributed by atoms with Crippen molar-refractivity contribution in [2.75, 3.05) is 19.6 Å². The van der Waals surface area contributed by atoms with E-state index < -0.39 is 0 Å². The summed E-state index contributed by atoms with van der Waals surface area (Å²) in [7, 11) is 0. The number of H-pyrrole nitrogens is 1. The Labute approximate surface area is 169 Å². The van der Waals surface area contributed by atoms with Gasteiger partial charge in [-0.1, -0.05) is 47.7 Å². The maximum absolute atomic E-state index is 12.6. The van der Waals surface area contributed by atoms with Gasteiger partial charge in [0, 0.05) is 11.5 Å². The summed E-state index contributed by atoms with van der Waals surface area (Å²) in [5.74, 6) is 0.488. The molecule has 1 aliphatic heterocycles. The fourth-order valence-electron chi connectivity index (χ4n) is 4.07. The van der Waals surface area contributed by atoms with E-state index in [0.717, 1.165) is 61.1 Å². The molecule has 0 amide bonds. The van der Waals surface area contributed by atoms with Crippen molar-refractivity contribution in [3.8, 4) is 0 Å². The van der Waals surface area contributed by atoms with Gasteiger partial charge in [0.25, 0.3) is 0 Å². The molecule has 0 aliphatic carbocycles. The lowest BCUT2D eigenvalue weighted by molar-refractivity contribution is 0.0839. The minimum Gasteiger partial charge on any atom is -0.312 e. The number of ketones is 1. The lowest BCUT2D eigenvalue weighted by atomic mass is 9.89. The van der Waals surface area contributed by atoms with Crippen molar-refractivity contribution in [2.45, 2.75) is 32.1 Å². The van der Waals surface area contributed by atoms with Crippen molar-refractivity contribution >= 4 is 27.3 Å². The molecule has 1 saturated heterocycles. The number of Topliss-reactive ketones (excluding diaryl/α,β-unsaturated/α-hetero) is 1. The second-order valence-electron chi connectivity index (χ2n) is 7.65. The highest BCUT2D eigenvalue weighted by Gasteiger charge is 2.25. The molecule has 4 nitrogen and oxygen atoms in total. The van der Waals surface area contributed by atoms with Crippen LogP contribution in [0.5, 0.6) is 0 Å². The second-order valence-corrected chi connectivity index (χ2v) is 8.66. The Morgan fingerprint density at radius 1 is 1.07 bits per heavy atom.